The largest absolute Gasteiger partial charge is 0.336 e. The van der Waals surface area contributed by atoms with E-state index >= 15 is 0 Å². The zero-order valence-electron chi connectivity index (χ0n) is 10.1. The molecule has 16 heavy (non-hydrogen) atoms. The first-order chi connectivity index (χ1) is 7.24. The van der Waals surface area contributed by atoms with Gasteiger partial charge in [0.15, 0.2) is 9.84 Å². The maximum absolute atomic E-state index is 11.6. The summed E-state index contributed by atoms with van der Waals surface area (Å²) < 4.78 is 21.9. The van der Waals surface area contributed by atoms with Crippen molar-refractivity contribution in [3.63, 3.8) is 0 Å². The molecule has 94 valence electrons. The Bertz CT molecular complexity index is 356. The Morgan fingerprint density at radius 2 is 1.81 bits per heavy atom. The minimum absolute atomic E-state index is 0.154. The summed E-state index contributed by atoms with van der Waals surface area (Å²) in [6, 6.07) is -0.158. The molecule has 0 radical (unpaired) electrons. The van der Waals surface area contributed by atoms with Crippen LogP contribution in [0.5, 0.6) is 0 Å². The van der Waals surface area contributed by atoms with Crippen LogP contribution in [-0.4, -0.2) is 50.0 Å². The number of likely N-dealkylation sites (tertiary alicyclic amines) is 1. The third kappa shape index (κ3) is 3.10. The fraction of sp³-hybridized carbons (Fsp3) is 0.900. The van der Waals surface area contributed by atoms with Crippen molar-refractivity contribution in [2.24, 2.45) is 0 Å². The van der Waals surface area contributed by atoms with Crippen LogP contribution in [-0.2, 0) is 9.84 Å². The van der Waals surface area contributed by atoms with Crippen molar-refractivity contribution in [2.75, 3.05) is 25.9 Å². The first kappa shape index (κ1) is 13.3. The highest BCUT2D eigenvalue weighted by atomic mass is 32.2. The summed E-state index contributed by atoms with van der Waals surface area (Å²) in [5, 5.41) is 2.68. The Labute approximate surface area is 97.1 Å². The summed E-state index contributed by atoms with van der Waals surface area (Å²) in [5.74, 6) is 0. The van der Waals surface area contributed by atoms with Gasteiger partial charge in [0, 0.05) is 25.9 Å². The number of hydrogen-bond donors (Lipinski definition) is 1. The van der Waals surface area contributed by atoms with E-state index in [2.05, 4.69) is 5.32 Å². The minimum atomic E-state index is -3.15. The number of sulfone groups is 1. The van der Waals surface area contributed by atoms with Crippen molar-refractivity contribution < 1.29 is 13.2 Å². The SMILES string of the molecule is CC(C)(CNC(=O)N1CCCC1)S(C)(=O)=O. The number of amides is 2. The smallest absolute Gasteiger partial charge is 0.317 e. The van der Waals surface area contributed by atoms with Crippen molar-refractivity contribution >= 4 is 15.9 Å². The van der Waals surface area contributed by atoms with Gasteiger partial charge in [-0.15, -0.1) is 0 Å². The molecule has 1 aliphatic heterocycles. The molecule has 1 aliphatic rings. The first-order valence-corrected chi connectivity index (χ1v) is 7.35. The maximum Gasteiger partial charge on any atom is 0.317 e. The van der Waals surface area contributed by atoms with Crippen molar-refractivity contribution in [1.29, 1.82) is 0 Å². The van der Waals surface area contributed by atoms with E-state index in [0.717, 1.165) is 25.9 Å². The van der Waals surface area contributed by atoms with Gasteiger partial charge in [0.25, 0.3) is 0 Å². The number of carbonyl (C=O) groups excluding carboxylic acids is 1. The third-order valence-corrected chi connectivity index (χ3v) is 5.21. The standard InChI is InChI=1S/C10H20N2O3S/c1-10(2,16(3,14)15)8-11-9(13)12-6-4-5-7-12/h4-8H2,1-3H3,(H,11,13). The topological polar surface area (TPSA) is 66.5 Å². The number of carbonyl (C=O) groups is 1. The van der Waals surface area contributed by atoms with Gasteiger partial charge in [-0.25, -0.2) is 13.2 Å². The van der Waals surface area contributed by atoms with E-state index < -0.39 is 14.6 Å². The molecule has 1 rings (SSSR count). The van der Waals surface area contributed by atoms with Crippen LogP contribution in [0.2, 0.25) is 0 Å². The number of rotatable bonds is 3. The van der Waals surface area contributed by atoms with Gasteiger partial charge in [-0.1, -0.05) is 0 Å². The lowest BCUT2D eigenvalue weighted by Crippen LogP contribution is -2.47. The summed E-state index contributed by atoms with van der Waals surface area (Å²) in [5.41, 5.74) is 0. The minimum Gasteiger partial charge on any atom is -0.336 e. The molecule has 1 fully saturated rings. The van der Waals surface area contributed by atoms with Crippen LogP contribution >= 0.6 is 0 Å². The van der Waals surface area contributed by atoms with E-state index in [-0.39, 0.29) is 12.6 Å². The van der Waals surface area contributed by atoms with E-state index in [9.17, 15) is 13.2 Å². The molecule has 0 bridgehead atoms. The molecule has 0 saturated carbocycles. The van der Waals surface area contributed by atoms with E-state index in [1.807, 2.05) is 0 Å². The molecule has 2 amide bonds. The molecule has 1 N–H and O–H groups in total. The molecule has 1 saturated heterocycles. The fourth-order valence-corrected chi connectivity index (χ4v) is 1.79. The molecule has 0 aliphatic carbocycles. The summed E-state index contributed by atoms with van der Waals surface area (Å²) >= 11 is 0. The van der Waals surface area contributed by atoms with E-state index in [1.54, 1.807) is 18.7 Å². The second-order valence-electron chi connectivity index (χ2n) is 4.88. The van der Waals surface area contributed by atoms with Gasteiger partial charge >= 0.3 is 6.03 Å². The average molecular weight is 248 g/mol. The van der Waals surface area contributed by atoms with Crippen LogP contribution in [0, 0.1) is 0 Å². The average Bonchev–Trinajstić information content (AvgIpc) is 2.65. The number of hydrogen-bond acceptors (Lipinski definition) is 3. The number of nitrogens with zero attached hydrogens (tertiary/aromatic N) is 1. The van der Waals surface area contributed by atoms with E-state index in [4.69, 9.17) is 0 Å². The summed E-state index contributed by atoms with van der Waals surface area (Å²) in [4.78, 5) is 13.4. The molecule has 0 spiro atoms. The van der Waals surface area contributed by atoms with Crippen molar-refractivity contribution in [2.45, 2.75) is 31.4 Å². The van der Waals surface area contributed by atoms with Crippen LogP contribution < -0.4 is 5.32 Å². The predicted octanol–water partition coefficient (Wildman–Crippen LogP) is 0.615. The van der Waals surface area contributed by atoms with Crippen molar-refractivity contribution in [3.05, 3.63) is 0 Å². The zero-order chi connectivity index (χ0) is 12.4. The van der Waals surface area contributed by atoms with Gasteiger partial charge in [0.05, 0.1) is 4.75 Å². The van der Waals surface area contributed by atoms with Gasteiger partial charge in [-0.05, 0) is 26.7 Å². The summed E-state index contributed by atoms with van der Waals surface area (Å²) in [6.07, 6.45) is 3.25. The second-order valence-corrected chi connectivity index (χ2v) is 7.53. The molecule has 0 aromatic carbocycles. The van der Waals surface area contributed by atoms with Crippen LogP contribution in [0.15, 0.2) is 0 Å². The van der Waals surface area contributed by atoms with Gasteiger partial charge < -0.3 is 10.2 Å². The molecule has 0 aromatic heterocycles. The van der Waals surface area contributed by atoms with Gasteiger partial charge in [-0.3, -0.25) is 0 Å². The Balaban J connectivity index is 2.48. The lowest BCUT2D eigenvalue weighted by Gasteiger charge is -2.24. The molecule has 0 aromatic rings. The zero-order valence-corrected chi connectivity index (χ0v) is 10.9. The summed E-state index contributed by atoms with van der Waals surface area (Å²) in [6.45, 7) is 4.93. The Morgan fingerprint density at radius 3 is 2.25 bits per heavy atom. The van der Waals surface area contributed by atoms with Gasteiger partial charge in [0.1, 0.15) is 0 Å². The molecule has 0 atom stereocenters. The quantitative estimate of drug-likeness (QED) is 0.796. The molecular formula is C10H20N2O3S. The molecule has 6 heteroatoms. The number of urea groups is 1. The van der Waals surface area contributed by atoms with Crippen LogP contribution in [0.4, 0.5) is 4.79 Å². The maximum atomic E-state index is 11.6. The second kappa shape index (κ2) is 4.61. The monoisotopic (exact) mass is 248 g/mol. The van der Waals surface area contributed by atoms with Crippen molar-refractivity contribution in [1.82, 2.24) is 10.2 Å². The fourth-order valence-electron chi connectivity index (χ4n) is 1.45. The first-order valence-electron chi connectivity index (χ1n) is 5.46. The predicted molar refractivity (Wildman–Crippen MR) is 63.1 cm³/mol. The lowest BCUT2D eigenvalue weighted by molar-refractivity contribution is 0.208. The molecule has 0 unspecified atom stereocenters. The van der Waals surface area contributed by atoms with Crippen LogP contribution in [0.1, 0.15) is 26.7 Å². The Kier molecular flexibility index (Phi) is 3.83. The van der Waals surface area contributed by atoms with Crippen LogP contribution in [0.3, 0.4) is 0 Å². The highest BCUT2D eigenvalue weighted by Crippen LogP contribution is 2.14. The number of nitrogens with one attached hydrogen (secondary N) is 1. The van der Waals surface area contributed by atoms with Crippen molar-refractivity contribution in [3.8, 4) is 0 Å². The molecule has 5 nitrogen and oxygen atoms in total. The highest BCUT2D eigenvalue weighted by Gasteiger charge is 2.31. The third-order valence-electron chi connectivity index (χ3n) is 3.06. The Hall–Kier alpha value is -0.780. The van der Waals surface area contributed by atoms with E-state index in [0.29, 0.717) is 0 Å². The highest BCUT2D eigenvalue weighted by molar-refractivity contribution is 7.92. The van der Waals surface area contributed by atoms with E-state index in [1.165, 1.54) is 6.26 Å². The van der Waals surface area contributed by atoms with Crippen LogP contribution in [0.25, 0.3) is 0 Å². The summed E-state index contributed by atoms with van der Waals surface area (Å²) in [7, 11) is -3.15. The molecule has 1 heterocycles. The lowest BCUT2D eigenvalue weighted by atomic mass is 10.2. The normalized spacial score (nSPS) is 17.6. The Morgan fingerprint density at radius 1 is 1.31 bits per heavy atom. The molecular weight excluding hydrogens is 228 g/mol. The van der Waals surface area contributed by atoms with Gasteiger partial charge in [-0.2, -0.15) is 0 Å². The van der Waals surface area contributed by atoms with Gasteiger partial charge in [0.2, 0.25) is 0 Å².